The predicted molar refractivity (Wildman–Crippen MR) is 105 cm³/mol. The normalized spacial score (nSPS) is 23.9. The molecule has 0 aromatic heterocycles. The quantitative estimate of drug-likeness (QED) is 0.608. The van der Waals surface area contributed by atoms with Crippen LogP contribution in [0.25, 0.3) is 0 Å². The Balaban J connectivity index is 2.42. The van der Waals surface area contributed by atoms with E-state index in [1.807, 2.05) is 6.92 Å². The van der Waals surface area contributed by atoms with Crippen molar-refractivity contribution in [1.29, 1.82) is 0 Å². The first kappa shape index (κ1) is 22.9. The molecule has 2 amide bonds. The maximum Gasteiger partial charge on any atom is 0.288 e. The Morgan fingerprint density at radius 2 is 2.03 bits per heavy atom. The number of primary amides is 1. The summed E-state index contributed by atoms with van der Waals surface area (Å²) >= 11 is 0. The summed E-state index contributed by atoms with van der Waals surface area (Å²) in [5.41, 5.74) is 5.20. The Labute approximate surface area is 169 Å². The van der Waals surface area contributed by atoms with Crippen LogP contribution in [0.2, 0.25) is 0 Å². The van der Waals surface area contributed by atoms with Gasteiger partial charge in [-0.25, -0.2) is 9.30 Å². The molecule has 160 valence electrons. The Bertz CT molecular complexity index is 864. The lowest BCUT2D eigenvalue weighted by molar-refractivity contribution is -0.134. The van der Waals surface area contributed by atoms with E-state index < -0.39 is 50.4 Å². The van der Waals surface area contributed by atoms with Gasteiger partial charge in [-0.15, -0.1) is 0 Å². The number of ketones is 2. The molecule has 2 rings (SSSR count). The zero-order chi connectivity index (χ0) is 21.8. The standard InChI is InChI=1S/C18H26N4O6S/c1-11(17(19)26)5-8-16(25)22(13-7-6-12(2)21-10-15(13)24)29(27,28)18-14(23)4-3-9-20-18/h3,9,11-13,21H,4-8,10H2,1-2H3,(H2,19,26)/t11-,12+,13-/m0/s1. The Morgan fingerprint density at radius 1 is 1.34 bits per heavy atom. The monoisotopic (exact) mass is 426 g/mol. The van der Waals surface area contributed by atoms with E-state index >= 15 is 0 Å². The van der Waals surface area contributed by atoms with Gasteiger partial charge in [0.25, 0.3) is 10.0 Å². The van der Waals surface area contributed by atoms with E-state index in [1.54, 1.807) is 0 Å². The molecule has 3 atom stereocenters. The van der Waals surface area contributed by atoms with Gasteiger partial charge in [-0.3, -0.25) is 19.2 Å². The molecule has 11 heteroatoms. The molecule has 0 aromatic carbocycles. The maximum absolute atomic E-state index is 13.2. The van der Waals surface area contributed by atoms with Gasteiger partial charge in [-0.2, -0.15) is 8.42 Å². The number of carbonyl (C=O) groups excluding carboxylic acids is 4. The molecule has 0 unspecified atom stereocenters. The number of sulfonamides is 1. The molecule has 1 fully saturated rings. The van der Waals surface area contributed by atoms with Crippen molar-refractivity contribution in [3.63, 3.8) is 0 Å². The number of carbonyl (C=O) groups is 4. The summed E-state index contributed by atoms with van der Waals surface area (Å²) in [6.45, 7) is 3.28. The van der Waals surface area contributed by atoms with E-state index in [0.29, 0.717) is 10.7 Å². The van der Waals surface area contributed by atoms with E-state index in [1.165, 1.54) is 19.2 Å². The maximum atomic E-state index is 13.2. The van der Waals surface area contributed by atoms with E-state index in [0.717, 1.165) is 0 Å². The fourth-order valence-electron chi connectivity index (χ4n) is 3.12. The minimum Gasteiger partial charge on any atom is -0.369 e. The molecule has 2 heterocycles. The van der Waals surface area contributed by atoms with Gasteiger partial charge in [0.2, 0.25) is 16.9 Å². The Hall–Kier alpha value is -2.40. The fourth-order valence-corrected chi connectivity index (χ4v) is 4.79. The molecule has 29 heavy (non-hydrogen) atoms. The van der Waals surface area contributed by atoms with Crippen molar-refractivity contribution in [3.8, 4) is 0 Å². The van der Waals surface area contributed by atoms with Crippen molar-refractivity contribution in [2.75, 3.05) is 6.54 Å². The molecule has 0 aromatic rings. The summed E-state index contributed by atoms with van der Waals surface area (Å²) in [5, 5.41) is 2.22. The zero-order valence-electron chi connectivity index (χ0n) is 16.5. The number of rotatable bonds is 5. The van der Waals surface area contributed by atoms with E-state index in [4.69, 9.17) is 5.73 Å². The summed E-state index contributed by atoms with van der Waals surface area (Å²) < 4.78 is 26.9. The highest BCUT2D eigenvalue weighted by Gasteiger charge is 2.43. The van der Waals surface area contributed by atoms with E-state index in [2.05, 4.69) is 10.3 Å². The average Bonchev–Trinajstić information content (AvgIpc) is 2.82. The second-order valence-electron chi connectivity index (χ2n) is 7.32. The molecule has 0 bridgehead atoms. The highest BCUT2D eigenvalue weighted by molar-refractivity contribution is 8.06. The van der Waals surface area contributed by atoms with Crippen molar-refractivity contribution in [2.45, 2.75) is 58.0 Å². The van der Waals surface area contributed by atoms with Crippen LogP contribution in [0.4, 0.5) is 0 Å². The van der Waals surface area contributed by atoms with Crippen molar-refractivity contribution >= 4 is 38.4 Å². The third-order valence-corrected chi connectivity index (χ3v) is 6.82. The van der Waals surface area contributed by atoms with Gasteiger partial charge >= 0.3 is 0 Å². The average molecular weight is 426 g/mol. The molecule has 1 saturated heterocycles. The number of hydrogen-bond donors (Lipinski definition) is 2. The van der Waals surface area contributed by atoms with Crippen LogP contribution >= 0.6 is 0 Å². The van der Waals surface area contributed by atoms with Gasteiger partial charge in [-0.1, -0.05) is 13.0 Å². The molecule has 3 N–H and O–H groups in total. The first-order chi connectivity index (χ1) is 13.6. The predicted octanol–water partition coefficient (Wildman–Crippen LogP) is -0.359. The van der Waals surface area contributed by atoms with Crippen LogP contribution in [0.3, 0.4) is 0 Å². The molecular formula is C18H26N4O6S. The summed E-state index contributed by atoms with van der Waals surface area (Å²) in [6.07, 6.45) is 2.74. The van der Waals surface area contributed by atoms with Gasteiger partial charge in [-0.05, 0) is 26.2 Å². The van der Waals surface area contributed by atoms with Crippen LogP contribution in [-0.4, -0.2) is 59.8 Å². The lowest BCUT2D eigenvalue weighted by Crippen LogP contribution is -2.53. The number of nitrogens with one attached hydrogen (secondary N) is 1. The second-order valence-corrected chi connectivity index (χ2v) is 9.05. The SMILES string of the molecule is C[C@@H]1CC[C@H](N(C(=O)CC[C@H](C)C(N)=O)S(=O)(=O)C2=NC=CCC2=O)C(=O)CN1. The van der Waals surface area contributed by atoms with Gasteiger partial charge in [0.05, 0.1) is 6.54 Å². The number of nitrogens with two attached hydrogens (primary N) is 1. The lowest BCUT2D eigenvalue weighted by Gasteiger charge is -2.30. The van der Waals surface area contributed by atoms with E-state index in [9.17, 15) is 27.6 Å². The van der Waals surface area contributed by atoms with E-state index in [-0.39, 0.29) is 38.3 Å². The summed E-state index contributed by atoms with van der Waals surface area (Å²) in [6, 6.07) is -1.27. The van der Waals surface area contributed by atoms with Crippen LogP contribution < -0.4 is 11.1 Å². The van der Waals surface area contributed by atoms with Gasteiger partial charge < -0.3 is 11.1 Å². The second kappa shape index (κ2) is 9.40. The molecule has 0 radical (unpaired) electrons. The summed E-state index contributed by atoms with van der Waals surface area (Å²) in [7, 11) is -4.64. The topological polar surface area (TPSA) is 156 Å². The molecular weight excluding hydrogens is 400 g/mol. The van der Waals surface area contributed by atoms with Gasteiger partial charge in [0.1, 0.15) is 6.04 Å². The smallest absolute Gasteiger partial charge is 0.288 e. The number of nitrogens with zero attached hydrogens (tertiary/aromatic N) is 2. The third kappa shape index (κ3) is 5.36. The number of amides is 2. The van der Waals surface area contributed by atoms with Crippen molar-refractivity contribution in [2.24, 2.45) is 16.6 Å². The fraction of sp³-hybridized carbons (Fsp3) is 0.611. The van der Waals surface area contributed by atoms with Crippen LogP contribution in [0.5, 0.6) is 0 Å². The van der Waals surface area contributed by atoms with Crippen LogP contribution in [-0.2, 0) is 29.2 Å². The van der Waals surface area contributed by atoms with Crippen LogP contribution in [0.1, 0.15) is 46.0 Å². The summed E-state index contributed by atoms with van der Waals surface area (Å²) in [5.74, 6) is -3.34. The summed E-state index contributed by atoms with van der Waals surface area (Å²) in [4.78, 5) is 52.6. The zero-order valence-corrected chi connectivity index (χ0v) is 17.3. The molecule has 0 saturated carbocycles. The van der Waals surface area contributed by atoms with Crippen molar-refractivity contribution < 1.29 is 27.6 Å². The number of Topliss-reactive ketones (excluding diaryl/α,β-unsaturated/α-hetero) is 2. The first-order valence-corrected chi connectivity index (χ1v) is 10.9. The molecule has 10 nitrogen and oxygen atoms in total. The van der Waals surface area contributed by atoms with Gasteiger partial charge in [0, 0.05) is 31.0 Å². The van der Waals surface area contributed by atoms with Crippen LogP contribution in [0.15, 0.2) is 17.3 Å². The Morgan fingerprint density at radius 3 is 2.66 bits per heavy atom. The minimum atomic E-state index is -4.64. The highest BCUT2D eigenvalue weighted by atomic mass is 32.2. The van der Waals surface area contributed by atoms with Crippen molar-refractivity contribution in [3.05, 3.63) is 12.3 Å². The Kier molecular flexibility index (Phi) is 7.42. The minimum absolute atomic E-state index is 0.0239. The lowest BCUT2D eigenvalue weighted by atomic mass is 10.0. The molecule has 0 aliphatic carbocycles. The van der Waals surface area contributed by atoms with Gasteiger partial charge in [0.15, 0.2) is 11.6 Å². The number of hydrogen-bond acceptors (Lipinski definition) is 8. The first-order valence-electron chi connectivity index (χ1n) is 9.44. The van der Waals surface area contributed by atoms with Crippen molar-refractivity contribution in [1.82, 2.24) is 9.62 Å². The molecule has 2 aliphatic rings. The molecule has 0 spiro atoms. The number of aliphatic imine (C=N–C) groups is 1. The largest absolute Gasteiger partial charge is 0.369 e. The molecule has 2 aliphatic heterocycles. The third-order valence-electron chi connectivity index (χ3n) is 5.02. The highest BCUT2D eigenvalue weighted by Crippen LogP contribution is 2.23. The van der Waals surface area contributed by atoms with Crippen LogP contribution in [0, 0.1) is 5.92 Å². The number of allylic oxidation sites excluding steroid dienone is 1.